The molecule has 3 N–H and O–H groups in total. The average molecular weight is 504 g/mol. The Bertz CT molecular complexity index is 1290. The van der Waals surface area contributed by atoms with E-state index in [1.165, 1.54) is 24.4 Å². The van der Waals surface area contributed by atoms with E-state index < -0.39 is 12.1 Å². The second-order valence-corrected chi connectivity index (χ2v) is 9.22. The molecule has 0 aliphatic carbocycles. The van der Waals surface area contributed by atoms with Crippen molar-refractivity contribution in [3.05, 3.63) is 59.7 Å². The van der Waals surface area contributed by atoms with Gasteiger partial charge in [0.15, 0.2) is 11.6 Å². The third-order valence-corrected chi connectivity index (χ3v) is 6.88. The van der Waals surface area contributed by atoms with E-state index in [1.54, 1.807) is 17.0 Å². The minimum atomic E-state index is -4.89. The first kappa shape index (κ1) is 23.9. The molecular weight excluding hydrogens is 480 g/mol. The Balaban J connectivity index is 1.31. The Morgan fingerprint density at radius 3 is 2.64 bits per heavy atom. The van der Waals surface area contributed by atoms with Crippen LogP contribution in [0.4, 0.5) is 28.2 Å². The van der Waals surface area contributed by atoms with E-state index in [0.29, 0.717) is 30.9 Å². The van der Waals surface area contributed by atoms with Crippen LogP contribution in [0.3, 0.4) is 0 Å². The summed E-state index contributed by atoms with van der Waals surface area (Å²) in [6.07, 6.45) is -2.00. The summed E-state index contributed by atoms with van der Waals surface area (Å²) in [4.78, 5) is 18.5. The molecule has 2 amide bonds. The Kier molecular flexibility index (Phi) is 5.76. The monoisotopic (exact) mass is 504 g/mol. The zero-order chi connectivity index (χ0) is 25.7. The van der Waals surface area contributed by atoms with Crippen molar-refractivity contribution >= 4 is 11.8 Å². The number of nitrogens with two attached hydrogens (primary N) is 1. The topological polar surface area (TPSA) is 98.3 Å². The molecule has 0 radical (unpaired) electrons. The molecule has 0 bridgehead atoms. The van der Waals surface area contributed by atoms with Crippen LogP contribution in [0.15, 0.2) is 42.6 Å². The molecular formula is C24H24F4N6O2. The molecule has 8 nitrogen and oxygen atoms in total. The van der Waals surface area contributed by atoms with E-state index in [0.717, 1.165) is 24.1 Å². The van der Waals surface area contributed by atoms with Crippen molar-refractivity contribution in [3.8, 4) is 17.0 Å². The Labute approximate surface area is 204 Å². The zero-order valence-corrected chi connectivity index (χ0v) is 19.3. The number of pyridine rings is 1. The van der Waals surface area contributed by atoms with Gasteiger partial charge >= 0.3 is 12.4 Å². The van der Waals surface area contributed by atoms with Gasteiger partial charge in [0.25, 0.3) is 0 Å². The summed E-state index contributed by atoms with van der Waals surface area (Å²) in [5.41, 5.74) is 7.77. The quantitative estimate of drug-likeness (QED) is 0.514. The van der Waals surface area contributed by atoms with E-state index in [4.69, 9.17) is 5.73 Å². The number of anilines is 1. The second-order valence-electron chi connectivity index (χ2n) is 9.22. The first-order chi connectivity index (χ1) is 17.0. The van der Waals surface area contributed by atoms with Crippen molar-refractivity contribution in [3.63, 3.8) is 0 Å². The van der Waals surface area contributed by atoms with Crippen molar-refractivity contribution in [1.29, 1.82) is 0 Å². The molecule has 2 atom stereocenters. The van der Waals surface area contributed by atoms with Crippen LogP contribution in [0.5, 0.6) is 5.75 Å². The lowest BCUT2D eigenvalue weighted by molar-refractivity contribution is -0.274. The molecule has 3 aromatic rings. The Morgan fingerprint density at radius 2 is 1.92 bits per heavy atom. The number of aryl methyl sites for hydroxylation is 1. The number of urea groups is 1. The molecule has 1 unspecified atom stereocenters. The van der Waals surface area contributed by atoms with E-state index in [9.17, 15) is 22.4 Å². The largest absolute Gasteiger partial charge is 0.573 e. The summed E-state index contributed by atoms with van der Waals surface area (Å²) < 4.78 is 57.1. The molecule has 1 fully saturated rings. The number of rotatable bonds is 4. The normalized spacial score (nSPS) is 20.0. The van der Waals surface area contributed by atoms with Crippen LogP contribution < -0.4 is 15.8 Å². The van der Waals surface area contributed by atoms with E-state index in [-0.39, 0.29) is 29.1 Å². The van der Waals surface area contributed by atoms with E-state index in [2.05, 4.69) is 20.1 Å². The lowest BCUT2D eigenvalue weighted by Gasteiger charge is -2.25. The van der Waals surface area contributed by atoms with Crippen LogP contribution in [0.1, 0.15) is 37.1 Å². The first-order valence-electron chi connectivity index (χ1n) is 11.4. The van der Waals surface area contributed by atoms with Crippen molar-refractivity contribution in [1.82, 2.24) is 25.0 Å². The number of likely N-dealkylation sites (tertiary alicyclic amines) is 1. The highest BCUT2D eigenvalue weighted by atomic mass is 19.4. The molecule has 190 valence electrons. The molecule has 1 spiro atoms. The summed E-state index contributed by atoms with van der Waals surface area (Å²) in [5.74, 6) is -1.29. The number of aromatic nitrogens is 3. The number of carbonyl (C=O) groups excluding carboxylic acids is 1. The van der Waals surface area contributed by atoms with Crippen LogP contribution in [0, 0.1) is 5.82 Å². The summed E-state index contributed by atoms with van der Waals surface area (Å²) >= 11 is 0. The van der Waals surface area contributed by atoms with Crippen molar-refractivity contribution in [2.45, 2.75) is 44.1 Å². The van der Waals surface area contributed by atoms with Crippen molar-refractivity contribution in [2.75, 3.05) is 18.8 Å². The van der Waals surface area contributed by atoms with E-state index >= 15 is 0 Å². The standard InChI is InChI=1S/C24H24F4N6O2/c1-14(15-2-4-17(25)5-3-15)31-22(35)33-8-6-23(13-33)7-9-34-20(23)11-18(32-34)16-10-19(21(29)30-12-16)36-24(26,27)28/h2-5,10-12,14H,6-9,13H2,1H3,(H2,29,30)(H,31,35)/t14-,23?/m1/s1. The molecule has 36 heavy (non-hydrogen) atoms. The maximum atomic E-state index is 13.2. The van der Waals surface area contributed by atoms with Gasteiger partial charge in [0, 0.05) is 42.5 Å². The molecule has 1 saturated heterocycles. The number of benzene rings is 1. The molecule has 2 aliphatic rings. The Morgan fingerprint density at radius 1 is 1.19 bits per heavy atom. The molecule has 1 aromatic carbocycles. The number of ether oxygens (including phenoxy) is 1. The fourth-order valence-electron chi connectivity index (χ4n) is 4.98. The van der Waals surface area contributed by atoms with Gasteiger partial charge in [0.1, 0.15) is 5.82 Å². The van der Waals surface area contributed by atoms with Gasteiger partial charge in [0.05, 0.1) is 11.7 Å². The van der Waals surface area contributed by atoms with E-state index in [1.807, 2.05) is 17.7 Å². The number of alkyl halides is 3. The van der Waals surface area contributed by atoms with Gasteiger partial charge in [-0.1, -0.05) is 12.1 Å². The smallest absolute Gasteiger partial charge is 0.402 e. The predicted molar refractivity (Wildman–Crippen MR) is 122 cm³/mol. The van der Waals surface area contributed by atoms with Crippen LogP contribution in [0.2, 0.25) is 0 Å². The van der Waals surface area contributed by atoms with Crippen molar-refractivity contribution < 1.29 is 27.1 Å². The SMILES string of the molecule is C[C@@H](NC(=O)N1CCC2(CCn3nc(-c4cnc(N)c(OC(F)(F)F)c4)cc32)C1)c1ccc(F)cc1. The number of fused-ring (bicyclic) bond motifs is 2. The number of carbonyl (C=O) groups is 1. The number of hydrogen-bond acceptors (Lipinski definition) is 5. The number of halogens is 4. The summed E-state index contributed by atoms with van der Waals surface area (Å²) in [5, 5.41) is 7.53. The summed E-state index contributed by atoms with van der Waals surface area (Å²) in [7, 11) is 0. The van der Waals surface area contributed by atoms with Crippen LogP contribution in [-0.4, -0.2) is 45.1 Å². The van der Waals surface area contributed by atoms with Gasteiger partial charge in [-0.05, 0) is 49.6 Å². The fourth-order valence-corrected chi connectivity index (χ4v) is 4.98. The first-order valence-corrected chi connectivity index (χ1v) is 11.4. The van der Waals surface area contributed by atoms with Gasteiger partial charge in [-0.25, -0.2) is 14.2 Å². The van der Waals surface area contributed by atoms with Gasteiger partial charge in [-0.3, -0.25) is 4.68 Å². The molecule has 5 rings (SSSR count). The number of nitrogen functional groups attached to an aromatic ring is 1. The minimum Gasteiger partial charge on any atom is -0.402 e. The van der Waals surface area contributed by atoms with Gasteiger partial charge in [-0.2, -0.15) is 5.10 Å². The average Bonchev–Trinajstić information content (AvgIpc) is 3.52. The third kappa shape index (κ3) is 4.54. The molecule has 12 heteroatoms. The highest BCUT2D eigenvalue weighted by Crippen LogP contribution is 2.44. The lowest BCUT2D eigenvalue weighted by atomic mass is 9.82. The molecule has 0 saturated carbocycles. The van der Waals surface area contributed by atoms with Crippen LogP contribution in [0.25, 0.3) is 11.3 Å². The minimum absolute atomic E-state index is 0.210. The molecule has 2 aliphatic heterocycles. The van der Waals surface area contributed by atoms with Crippen LogP contribution in [-0.2, 0) is 12.0 Å². The number of hydrogen-bond donors (Lipinski definition) is 2. The fraction of sp³-hybridized carbons (Fsp3) is 0.375. The van der Waals surface area contributed by atoms with Gasteiger partial charge in [-0.15, -0.1) is 13.2 Å². The lowest BCUT2D eigenvalue weighted by Crippen LogP contribution is -2.41. The predicted octanol–water partition coefficient (Wildman–Crippen LogP) is 4.38. The maximum Gasteiger partial charge on any atom is 0.573 e. The third-order valence-electron chi connectivity index (χ3n) is 6.88. The van der Waals surface area contributed by atoms with Gasteiger partial charge < -0.3 is 20.7 Å². The van der Waals surface area contributed by atoms with Crippen molar-refractivity contribution in [2.24, 2.45) is 0 Å². The number of amides is 2. The second kappa shape index (κ2) is 8.68. The number of nitrogens with one attached hydrogen (secondary N) is 1. The highest BCUT2D eigenvalue weighted by Gasteiger charge is 2.47. The van der Waals surface area contributed by atoms with Crippen LogP contribution >= 0.6 is 0 Å². The maximum absolute atomic E-state index is 13.2. The summed E-state index contributed by atoms with van der Waals surface area (Å²) in [6.45, 7) is 3.51. The molecule has 4 heterocycles. The summed E-state index contributed by atoms with van der Waals surface area (Å²) in [6, 6.07) is 8.50. The Hall–Kier alpha value is -3.83. The number of nitrogens with zero attached hydrogens (tertiary/aromatic N) is 4. The highest BCUT2D eigenvalue weighted by molar-refractivity contribution is 5.75. The molecule has 2 aromatic heterocycles. The zero-order valence-electron chi connectivity index (χ0n) is 19.3. The van der Waals surface area contributed by atoms with Gasteiger partial charge in [0.2, 0.25) is 0 Å².